The standard InChI is InChI=1S/C6H11N3O5.C2H4O2/c7-5(8)4-6(10)13-2-1-3-14-9(11)12;1-2(3)4/h1-4H2,(H3,7,8);1H3,(H,3,4). The molecule has 0 rings (SSSR count). The summed E-state index contributed by atoms with van der Waals surface area (Å²) in [5, 5.41) is 22.9. The Bertz CT molecular complexity index is 301. The fourth-order valence-electron chi connectivity index (χ4n) is 0.591. The molecule has 0 aliphatic rings. The number of ether oxygens (including phenoxy) is 1. The number of aliphatic carboxylic acids is 1. The molecule has 0 saturated carbocycles. The number of esters is 1. The summed E-state index contributed by atoms with van der Waals surface area (Å²) in [6.07, 6.45) is -0.0410. The van der Waals surface area contributed by atoms with Crippen molar-refractivity contribution in [3.05, 3.63) is 10.1 Å². The van der Waals surface area contributed by atoms with Gasteiger partial charge in [0.2, 0.25) is 0 Å². The number of hydrogen-bond donors (Lipinski definition) is 3. The number of amidine groups is 1. The quantitative estimate of drug-likeness (QED) is 0.139. The minimum atomic E-state index is -0.919. The van der Waals surface area contributed by atoms with E-state index in [2.05, 4.69) is 9.57 Å². The number of carbonyl (C=O) groups is 2. The first-order chi connectivity index (χ1) is 8.25. The molecule has 0 saturated heterocycles. The summed E-state index contributed by atoms with van der Waals surface area (Å²) in [6.45, 7) is 0.973. The van der Waals surface area contributed by atoms with Crippen molar-refractivity contribution in [2.24, 2.45) is 5.73 Å². The molecule has 10 heteroatoms. The van der Waals surface area contributed by atoms with Crippen LogP contribution in [0.3, 0.4) is 0 Å². The first kappa shape index (κ1) is 18.0. The summed E-state index contributed by atoms with van der Waals surface area (Å²) in [5.74, 6) is -1.74. The maximum atomic E-state index is 10.7. The van der Waals surface area contributed by atoms with Crippen LogP contribution in [0.2, 0.25) is 0 Å². The van der Waals surface area contributed by atoms with Gasteiger partial charge in [0.1, 0.15) is 12.3 Å². The molecule has 18 heavy (non-hydrogen) atoms. The van der Waals surface area contributed by atoms with Crippen molar-refractivity contribution in [2.75, 3.05) is 13.2 Å². The van der Waals surface area contributed by atoms with Crippen LogP contribution in [-0.2, 0) is 19.2 Å². The largest absolute Gasteiger partial charge is 0.481 e. The second-order valence-corrected chi connectivity index (χ2v) is 2.85. The zero-order chi connectivity index (χ0) is 14.6. The summed E-state index contributed by atoms with van der Waals surface area (Å²) >= 11 is 0. The van der Waals surface area contributed by atoms with Crippen LogP contribution in [-0.4, -0.2) is 41.2 Å². The van der Waals surface area contributed by atoms with Crippen molar-refractivity contribution in [3.8, 4) is 0 Å². The molecule has 0 aromatic heterocycles. The third-order valence-electron chi connectivity index (χ3n) is 1.08. The van der Waals surface area contributed by atoms with E-state index in [9.17, 15) is 14.9 Å². The molecular weight excluding hydrogens is 250 g/mol. The van der Waals surface area contributed by atoms with Gasteiger partial charge >= 0.3 is 5.97 Å². The smallest absolute Gasteiger partial charge is 0.313 e. The third kappa shape index (κ3) is 23.4. The first-order valence-electron chi connectivity index (χ1n) is 4.71. The number of carbonyl (C=O) groups excluding carboxylic acids is 1. The second kappa shape index (κ2) is 11.1. The molecule has 0 aromatic rings. The predicted molar refractivity (Wildman–Crippen MR) is 58.4 cm³/mol. The minimum absolute atomic E-state index is 0.0138. The van der Waals surface area contributed by atoms with Gasteiger partial charge in [0.15, 0.2) is 0 Å². The van der Waals surface area contributed by atoms with Gasteiger partial charge in [0.25, 0.3) is 11.1 Å². The summed E-state index contributed by atoms with van der Waals surface area (Å²) in [4.78, 5) is 33.4. The molecule has 0 spiro atoms. The Kier molecular flexibility index (Phi) is 11.1. The highest BCUT2D eigenvalue weighted by Gasteiger charge is 2.04. The molecule has 4 N–H and O–H groups in total. The topological polar surface area (TPSA) is 166 Å². The van der Waals surface area contributed by atoms with Crippen LogP contribution < -0.4 is 5.73 Å². The highest BCUT2D eigenvalue weighted by atomic mass is 16.9. The van der Waals surface area contributed by atoms with Gasteiger partial charge < -0.3 is 20.4 Å². The van der Waals surface area contributed by atoms with E-state index in [1.807, 2.05) is 0 Å². The zero-order valence-corrected chi connectivity index (χ0v) is 9.75. The summed E-state index contributed by atoms with van der Waals surface area (Å²) in [6, 6.07) is 0. The molecule has 0 aliphatic carbocycles. The number of nitrogens with one attached hydrogen (secondary N) is 1. The Labute approximate surface area is 102 Å². The molecule has 0 atom stereocenters. The Balaban J connectivity index is 0. The van der Waals surface area contributed by atoms with Crippen LogP contribution >= 0.6 is 0 Å². The third-order valence-corrected chi connectivity index (χ3v) is 1.08. The number of carboxylic acids is 1. The van der Waals surface area contributed by atoms with E-state index >= 15 is 0 Å². The Morgan fingerprint density at radius 2 is 1.94 bits per heavy atom. The number of carboxylic acid groups (broad SMARTS) is 1. The summed E-state index contributed by atoms with van der Waals surface area (Å²) < 4.78 is 4.57. The fourth-order valence-corrected chi connectivity index (χ4v) is 0.591. The van der Waals surface area contributed by atoms with Crippen LogP contribution in [0, 0.1) is 15.5 Å². The zero-order valence-electron chi connectivity index (χ0n) is 9.75. The van der Waals surface area contributed by atoms with Crippen molar-refractivity contribution in [1.29, 1.82) is 5.41 Å². The van der Waals surface area contributed by atoms with Crippen molar-refractivity contribution >= 4 is 17.8 Å². The van der Waals surface area contributed by atoms with Gasteiger partial charge in [0, 0.05) is 13.3 Å². The average Bonchev–Trinajstić information content (AvgIpc) is 2.14. The van der Waals surface area contributed by atoms with Crippen molar-refractivity contribution in [3.63, 3.8) is 0 Å². The average molecular weight is 265 g/mol. The fraction of sp³-hybridized carbons (Fsp3) is 0.625. The van der Waals surface area contributed by atoms with Gasteiger partial charge in [-0.2, -0.15) is 0 Å². The van der Waals surface area contributed by atoms with E-state index in [1.165, 1.54) is 0 Å². The Morgan fingerprint density at radius 3 is 2.33 bits per heavy atom. The summed E-state index contributed by atoms with van der Waals surface area (Å²) in [5.41, 5.74) is 4.93. The van der Waals surface area contributed by atoms with Crippen molar-refractivity contribution in [1.82, 2.24) is 0 Å². The number of rotatable bonds is 7. The normalized spacial score (nSPS) is 8.50. The summed E-state index contributed by atoms with van der Waals surface area (Å²) in [7, 11) is 0. The SMILES string of the molecule is CC(=O)O.N=C(N)CC(=O)OCCCO[N+](=O)[O-]. The van der Waals surface area contributed by atoms with Crippen molar-refractivity contribution in [2.45, 2.75) is 19.8 Å². The Hall–Kier alpha value is -2.39. The first-order valence-corrected chi connectivity index (χ1v) is 4.71. The van der Waals surface area contributed by atoms with E-state index in [4.69, 9.17) is 21.0 Å². The van der Waals surface area contributed by atoms with Gasteiger partial charge in [-0.05, 0) is 0 Å². The van der Waals surface area contributed by atoms with Crippen LogP contribution in [0.1, 0.15) is 19.8 Å². The van der Waals surface area contributed by atoms with Gasteiger partial charge in [-0.1, -0.05) is 0 Å². The molecule has 0 radical (unpaired) electrons. The molecular formula is C8H15N3O7. The van der Waals surface area contributed by atoms with Crippen LogP contribution in [0.4, 0.5) is 0 Å². The lowest BCUT2D eigenvalue weighted by Gasteiger charge is -2.02. The molecule has 10 nitrogen and oxygen atoms in total. The predicted octanol–water partition coefficient (Wildman–Crippen LogP) is -0.455. The second-order valence-electron chi connectivity index (χ2n) is 2.85. The van der Waals surface area contributed by atoms with Gasteiger partial charge in [-0.3, -0.25) is 15.0 Å². The van der Waals surface area contributed by atoms with Crippen LogP contribution in [0.15, 0.2) is 0 Å². The number of nitrogens with zero attached hydrogens (tertiary/aromatic N) is 1. The minimum Gasteiger partial charge on any atom is -0.481 e. The maximum Gasteiger partial charge on any atom is 0.313 e. The van der Waals surface area contributed by atoms with Crippen molar-refractivity contribution < 1.29 is 29.4 Å². The molecule has 0 heterocycles. The highest BCUT2D eigenvalue weighted by molar-refractivity contribution is 5.94. The van der Waals surface area contributed by atoms with E-state index in [1.54, 1.807) is 0 Å². The van der Waals surface area contributed by atoms with Gasteiger partial charge in [-0.15, -0.1) is 10.1 Å². The van der Waals surface area contributed by atoms with Crippen LogP contribution in [0.25, 0.3) is 0 Å². The van der Waals surface area contributed by atoms with E-state index in [0.29, 0.717) is 0 Å². The number of hydrogen-bond acceptors (Lipinski definition) is 7. The lowest BCUT2D eigenvalue weighted by atomic mass is 10.4. The highest BCUT2D eigenvalue weighted by Crippen LogP contribution is 1.89. The van der Waals surface area contributed by atoms with E-state index < -0.39 is 17.0 Å². The van der Waals surface area contributed by atoms with E-state index in [-0.39, 0.29) is 31.9 Å². The maximum absolute atomic E-state index is 10.7. The lowest BCUT2D eigenvalue weighted by molar-refractivity contribution is -0.757. The van der Waals surface area contributed by atoms with Crippen LogP contribution in [0.5, 0.6) is 0 Å². The molecule has 0 unspecified atom stereocenters. The van der Waals surface area contributed by atoms with Gasteiger partial charge in [0.05, 0.1) is 13.2 Å². The molecule has 0 aromatic carbocycles. The monoisotopic (exact) mass is 265 g/mol. The van der Waals surface area contributed by atoms with E-state index in [0.717, 1.165) is 6.92 Å². The molecule has 0 fully saturated rings. The molecule has 0 amide bonds. The Morgan fingerprint density at radius 1 is 1.44 bits per heavy atom. The van der Waals surface area contributed by atoms with Gasteiger partial charge in [-0.25, -0.2) is 0 Å². The lowest BCUT2D eigenvalue weighted by Crippen LogP contribution is -2.18. The molecule has 104 valence electrons. The number of nitrogens with two attached hydrogens (primary N) is 1. The molecule has 0 aliphatic heterocycles. The molecule has 0 bridgehead atoms.